The summed E-state index contributed by atoms with van der Waals surface area (Å²) in [5.74, 6) is 0.253. The molecule has 0 heterocycles. The summed E-state index contributed by atoms with van der Waals surface area (Å²) in [5, 5.41) is 0. The van der Waals surface area contributed by atoms with Crippen molar-refractivity contribution in [2.45, 2.75) is 25.9 Å². The molecule has 0 saturated carbocycles. The highest BCUT2D eigenvalue weighted by Gasteiger charge is 2.15. The minimum atomic E-state index is -0.570. The number of hydrogen-bond donors (Lipinski definition) is 2. The lowest BCUT2D eigenvalue weighted by molar-refractivity contribution is -0.124. The van der Waals surface area contributed by atoms with Crippen LogP contribution in [-0.2, 0) is 11.2 Å². The van der Waals surface area contributed by atoms with E-state index in [1.807, 2.05) is 31.2 Å². The normalized spacial score (nSPS) is 12.1. The molecule has 0 aliphatic rings. The first-order chi connectivity index (χ1) is 7.69. The second-order valence-electron chi connectivity index (χ2n) is 3.56. The smallest absolute Gasteiger partial charge is 0.258 e. The standard InChI is InChI=1S/C12H18N2O2/c1-2-10(12(14)15)16-11-6-4-3-5-9(11)7-8-13/h3-6,10H,2,7-8,13H2,1H3,(H2,14,15). The minimum Gasteiger partial charge on any atom is -0.480 e. The lowest BCUT2D eigenvalue weighted by atomic mass is 10.1. The van der Waals surface area contributed by atoms with E-state index < -0.39 is 12.0 Å². The van der Waals surface area contributed by atoms with Gasteiger partial charge in [0.1, 0.15) is 5.75 Å². The third-order valence-corrected chi connectivity index (χ3v) is 2.34. The van der Waals surface area contributed by atoms with E-state index in [0.29, 0.717) is 18.7 Å². The zero-order valence-electron chi connectivity index (χ0n) is 9.48. The van der Waals surface area contributed by atoms with Gasteiger partial charge in [-0.15, -0.1) is 0 Å². The Bertz CT molecular complexity index is 353. The van der Waals surface area contributed by atoms with Crippen LogP contribution in [0, 0.1) is 0 Å². The van der Waals surface area contributed by atoms with Crippen molar-refractivity contribution < 1.29 is 9.53 Å². The first kappa shape index (κ1) is 12.5. The molecule has 4 nitrogen and oxygen atoms in total. The lowest BCUT2D eigenvalue weighted by Crippen LogP contribution is -2.33. The maximum Gasteiger partial charge on any atom is 0.258 e. The van der Waals surface area contributed by atoms with Gasteiger partial charge in [-0.1, -0.05) is 25.1 Å². The van der Waals surface area contributed by atoms with Crippen LogP contribution in [0.2, 0.25) is 0 Å². The van der Waals surface area contributed by atoms with Crippen LogP contribution in [0.1, 0.15) is 18.9 Å². The van der Waals surface area contributed by atoms with Gasteiger partial charge >= 0.3 is 0 Å². The van der Waals surface area contributed by atoms with Crippen LogP contribution in [0.15, 0.2) is 24.3 Å². The summed E-state index contributed by atoms with van der Waals surface area (Å²) in [7, 11) is 0. The van der Waals surface area contributed by atoms with Gasteiger partial charge in [-0.05, 0) is 31.0 Å². The van der Waals surface area contributed by atoms with Crippen molar-refractivity contribution in [3.63, 3.8) is 0 Å². The van der Waals surface area contributed by atoms with Crippen LogP contribution in [0.25, 0.3) is 0 Å². The number of benzene rings is 1. The Hall–Kier alpha value is -1.55. The summed E-state index contributed by atoms with van der Waals surface area (Å²) in [6.07, 6.45) is 0.719. The molecular formula is C12H18N2O2. The molecule has 16 heavy (non-hydrogen) atoms. The van der Waals surface area contributed by atoms with Gasteiger partial charge in [0.15, 0.2) is 6.10 Å². The molecule has 88 valence electrons. The molecule has 0 fully saturated rings. The summed E-state index contributed by atoms with van der Waals surface area (Å²) < 4.78 is 5.58. The number of rotatable bonds is 6. The highest BCUT2D eigenvalue weighted by Crippen LogP contribution is 2.20. The maximum atomic E-state index is 11.1. The van der Waals surface area contributed by atoms with Crippen molar-refractivity contribution in [2.24, 2.45) is 11.5 Å². The van der Waals surface area contributed by atoms with E-state index in [2.05, 4.69) is 0 Å². The van der Waals surface area contributed by atoms with Crippen molar-refractivity contribution in [1.82, 2.24) is 0 Å². The molecule has 0 aromatic heterocycles. The number of nitrogens with two attached hydrogens (primary N) is 2. The zero-order valence-corrected chi connectivity index (χ0v) is 9.48. The van der Waals surface area contributed by atoms with Crippen LogP contribution in [-0.4, -0.2) is 18.6 Å². The van der Waals surface area contributed by atoms with E-state index in [9.17, 15) is 4.79 Å². The van der Waals surface area contributed by atoms with Crippen molar-refractivity contribution >= 4 is 5.91 Å². The van der Waals surface area contributed by atoms with E-state index in [-0.39, 0.29) is 0 Å². The minimum absolute atomic E-state index is 0.440. The van der Waals surface area contributed by atoms with E-state index in [1.54, 1.807) is 0 Å². The van der Waals surface area contributed by atoms with Crippen molar-refractivity contribution in [2.75, 3.05) is 6.54 Å². The summed E-state index contributed by atoms with van der Waals surface area (Å²) in [4.78, 5) is 11.1. The highest BCUT2D eigenvalue weighted by molar-refractivity contribution is 5.79. The summed E-state index contributed by atoms with van der Waals surface area (Å²) in [6.45, 7) is 2.41. The van der Waals surface area contributed by atoms with Crippen LogP contribution >= 0.6 is 0 Å². The Kier molecular flexibility index (Phi) is 4.79. The average molecular weight is 222 g/mol. The molecular weight excluding hydrogens is 204 g/mol. The highest BCUT2D eigenvalue weighted by atomic mass is 16.5. The largest absolute Gasteiger partial charge is 0.480 e. The van der Waals surface area contributed by atoms with Gasteiger partial charge in [-0.25, -0.2) is 0 Å². The van der Waals surface area contributed by atoms with E-state index in [1.165, 1.54) is 0 Å². The SMILES string of the molecule is CCC(Oc1ccccc1CCN)C(N)=O. The Labute approximate surface area is 95.6 Å². The van der Waals surface area contributed by atoms with Crippen LogP contribution < -0.4 is 16.2 Å². The fourth-order valence-electron chi connectivity index (χ4n) is 1.48. The van der Waals surface area contributed by atoms with E-state index in [0.717, 1.165) is 12.0 Å². The molecule has 1 rings (SSSR count). The van der Waals surface area contributed by atoms with Crippen molar-refractivity contribution in [3.8, 4) is 5.75 Å². The van der Waals surface area contributed by atoms with Gasteiger partial charge in [-0.3, -0.25) is 4.79 Å². The van der Waals surface area contributed by atoms with Crippen LogP contribution in [0.4, 0.5) is 0 Å². The van der Waals surface area contributed by atoms with Crippen molar-refractivity contribution in [1.29, 1.82) is 0 Å². The molecule has 0 bridgehead atoms. The predicted molar refractivity (Wildman–Crippen MR) is 63.1 cm³/mol. The maximum absolute atomic E-state index is 11.1. The van der Waals surface area contributed by atoms with Gasteiger partial charge in [0.05, 0.1) is 0 Å². The van der Waals surface area contributed by atoms with E-state index >= 15 is 0 Å². The second-order valence-corrected chi connectivity index (χ2v) is 3.56. The Morgan fingerprint density at radius 3 is 2.69 bits per heavy atom. The number of ether oxygens (including phenoxy) is 1. The number of carbonyl (C=O) groups excluding carboxylic acids is 1. The molecule has 0 aliphatic heterocycles. The number of amides is 1. The quantitative estimate of drug-likeness (QED) is 0.748. The molecule has 0 spiro atoms. The Morgan fingerprint density at radius 2 is 2.12 bits per heavy atom. The van der Waals surface area contributed by atoms with Gasteiger partial charge < -0.3 is 16.2 Å². The molecule has 0 radical (unpaired) electrons. The average Bonchev–Trinajstić information content (AvgIpc) is 2.27. The monoisotopic (exact) mass is 222 g/mol. The number of primary amides is 1. The molecule has 4 N–H and O–H groups in total. The molecule has 1 aromatic rings. The second kappa shape index (κ2) is 6.12. The van der Waals surface area contributed by atoms with E-state index in [4.69, 9.17) is 16.2 Å². The lowest BCUT2D eigenvalue weighted by Gasteiger charge is -2.16. The third kappa shape index (κ3) is 3.24. The molecule has 4 heteroatoms. The molecule has 1 aromatic carbocycles. The molecule has 1 unspecified atom stereocenters. The Balaban J connectivity index is 2.82. The topological polar surface area (TPSA) is 78.3 Å². The molecule has 0 saturated heterocycles. The fraction of sp³-hybridized carbons (Fsp3) is 0.417. The van der Waals surface area contributed by atoms with Gasteiger partial charge in [-0.2, -0.15) is 0 Å². The summed E-state index contributed by atoms with van der Waals surface area (Å²) >= 11 is 0. The number of para-hydroxylation sites is 1. The van der Waals surface area contributed by atoms with Gasteiger partial charge in [0.25, 0.3) is 5.91 Å². The predicted octanol–water partition coefficient (Wildman–Crippen LogP) is 0.831. The molecule has 1 atom stereocenters. The number of carbonyl (C=O) groups is 1. The number of hydrogen-bond acceptors (Lipinski definition) is 3. The molecule has 0 aliphatic carbocycles. The van der Waals surface area contributed by atoms with Crippen LogP contribution in [0.3, 0.4) is 0 Å². The summed E-state index contributed by atoms with van der Waals surface area (Å²) in [5.41, 5.74) is 11.7. The first-order valence-corrected chi connectivity index (χ1v) is 5.43. The van der Waals surface area contributed by atoms with Crippen LogP contribution in [0.5, 0.6) is 5.75 Å². The van der Waals surface area contributed by atoms with Gasteiger partial charge in [0.2, 0.25) is 0 Å². The zero-order chi connectivity index (χ0) is 12.0. The fourth-order valence-corrected chi connectivity index (χ4v) is 1.48. The third-order valence-electron chi connectivity index (χ3n) is 2.34. The summed E-state index contributed by atoms with van der Waals surface area (Å²) in [6, 6.07) is 7.55. The van der Waals surface area contributed by atoms with Gasteiger partial charge in [0, 0.05) is 0 Å². The molecule has 1 amide bonds. The van der Waals surface area contributed by atoms with Crippen molar-refractivity contribution in [3.05, 3.63) is 29.8 Å². The Morgan fingerprint density at radius 1 is 1.44 bits per heavy atom. The first-order valence-electron chi connectivity index (χ1n) is 5.43.